The van der Waals surface area contributed by atoms with Gasteiger partial charge < -0.3 is 9.13 Å². The zero-order valence-electron chi connectivity index (χ0n) is 22.3. The number of thiophene rings is 1. The summed E-state index contributed by atoms with van der Waals surface area (Å²) in [6, 6.07) is 42.5. The fourth-order valence-corrected chi connectivity index (χ4v) is 8.10. The predicted octanol–water partition coefficient (Wildman–Crippen LogP) is 10.2. The zero-order valence-corrected chi connectivity index (χ0v) is 23.2. The maximum Gasteiger partial charge on any atom is 0.0610 e. The van der Waals surface area contributed by atoms with Gasteiger partial charge in [0.15, 0.2) is 0 Å². The summed E-state index contributed by atoms with van der Waals surface area (Å²) in [5, 5.41) is 7.45. The lowest BCUT2D eigenvalue weighted by atomic mass is 9.79. The van der Waals surface area contributed by atoms with E-state index in [0.29, 0.717) is 0 Å². The molecule has 40 heavy (non-hydrogen) atoms. The maximum absolute atomic E-state index is 2.50. The first-order valence-corrected chi connectivity index (χ1v) is 14.7. The molecular weight excluding hydrogens is 504 g/mol. The molecule has 0 atom stereocenters. The molecule has 0 fully saturated rings. The Morgan fingerprint density at radius 2 is 1.20 bits per heavy atom. The van der Waals surface area contributed by atoms with Crippen LogP contribution in [0.3, 0.4) is 0 Å². The first-order valence-electron chi connectivity index (χ1n) is 13.9. The van der Waals surface area contributed by atoms with Crippen molar-refractivity contribution in [2.75, 3.05) is 0 Å². The van der Waals surface area contributed by atoms with E-state index >= 15 is 0 Å². The van der Waals surface area contributed by atoms with Gasteiger partial charge in [-0.3, -0.25) is 0 Å². The van der Waals surface area contributed by atoms with Gasteiger partial charge in [0, 0.05) is 37.5 Å². The highest BCUT2D eigenvalue weighted by atomic mass is 32.1. The van der Waals surface area contributed by atoms with Crippen LogP contribution < -0.4 is 0 Å². The first kappa shape index (κ1) is 22.2. The lowest BCUT2D eigenvalue weighted by Gasteiger charge is -2.32. The number of aromatic nitrogens is 2. The van der Waals surface area contributed by atoms with Gasteiger partial charge in [-0.2, -0.15) is 0 Å². The molecule has 0 saturated carbocycles. The topological polar surface area (TPSA) is 9.86 Å². The molecule has 0 radical (unpaired) electrons. The molecule has 0 bridgehead atoms. The van der Waals surface area contributed by atoms with E-state index in [1.54, 1.807) is 0 Å². The molecule has 0 amide bonds. The molecule has 9 rings (SSSR count). The normalized spacial score (nSPS) is 13.9. The quantitative estimate of drug-likeness (QED) is 0.210. The fraction of sp³-hybridized carbons (Fsp3) is 0.0811. The Morgan fingerprint density at radius 3 is 2.00 bits per heavy atom. The van der Waals surface area contributed by atoms with Crippen LogP contribution in [0.5, 0.6) is 0 Å². The summed E-state index contributed by atoms with van der Waals surface area (Å²) in [6.45, 7) is 4.73. The van der Waals surface area contributed by atoms with Crippen molar-refractivity contribution in [1.82, 2.24) is 9.13 Å². The Balaban J connectivity index is 1.30. The molecule has 5 aromatic carbocycles. The molecular formula is C37H26N2S. The van der Waals surface area contributed by atoms with Crippen molar-refractivity contribution < 1.29 is 0 Å². The predicted molar refractivity (Wildman–Crippen MR) is 171 cm³/mol. The third-order valence-corrected chi connectivity index (χ3v) is 10.2. The third-order valence-electron chi connectivity index (χ3n) is 8.93. The van der Waals surface area contributed by atoms with Gasteiger partial charge in [-0.05, 0) is 70.6 Å². The van der Waals surface area contributed by atoms with Crippen LogP contribution in [0.2, 0.25) is 0 Å². The third kappa shape index (κ3) is 2.78. The zero-order chi connectivity index (χ0) is 26.6. The van der Waals surface area contributed by atoms with Gasteiger partial charge in [0.1, 0.15) is 0 Å². The van der Waals surface area contributed by atoms with Gasteiger partial charge in [-0.25, -0.2) is 0 Å². The highest BCUT2D eigenvalue weighted by Crippen LogP contribution is 2.49. The van der Waals surface area contributed by atoms with Crippen LogP contribution in [0.25, 0.3) is 66.1 Å². The Kier molecular flexibility index (Phi) is 4.31. The summed E-state index contributed by atoms with van der Waals surface area (Å²) in [7, 11) is 0. The van der Waals surface area contributed by atoms with Crippen molar-refractivity contribution >= 4 is 54.9 Å². The molecule has 0 saturated heterocycles. The summed E-state index contributed by atoms with van der Waals surface area (Å²) in [5.41, 5.74) is 11.5. The van der Waals surface area contributed by atoms with E-state index in [-0.39, 0.29) is 5.41 Å². The summed E-state index contributed by atoms with van der Waals surface area (Å²) in [5.74, 6) is 0. The van der Waals surface area contributed by atoms with Crippen molar-refractivity contribution in [3.05, 3.63) is 131 Å². The minimum atomic E-state index is -0.00574. The van der Waals surface area contributed by atoms with Gasteiger partial charge in [-0.1, -0.05) is 80.6 Å². The first-order chi connectivity index (χ1) is 19.6. The van der Waals surface area contributed by atoms with E-state index in [9.17, 15) is 0 Å². The number of hydrogen-bond acceptors (Lipinski definition) is 1. The average molecular weight is 531 g/mol. The van der Waals surface area contributed by atoms with Crippen molar-refractivity contribution in [3.8, 4) is 22.5 Å². The van der Waals surface area contributed by atoms with Gasteiger partial charge in [0.25, 0.3) is 0 Å². The number of para-hydroxylation sites is 3. The van der Waals surface area contributed by atoms with Crippen LogP contribution in [0, 0.1) is 0 Å². The van der Waals surface area contributed by atoms with Crippen molar-refractivity contribution in [3.63, 3.8) is 0 Å². The molecule has 0 aliphatic carbocycles. The Morgan fingerprint density at radius 1 is 0.550 bits per heavy atom. The van der Waals surface area contributed by atoms with E-state index < -0.39 is 0 Å². The second-order valence-electron chi connectivity index (χ2n) is 11.4. The summed E-state index contributed by atoms with van der Waals surface area (Å²) in [4.78, 5) is 1.44. The molecule has 1 aliphatic rings. The van der Waals surface area contributed by atoms with E-state index in [1.165, 1.54) is 76.6 Å². The van der Waals surface area contributed by atoms with Gasteiger partial charge in [0.05, 0.1) is 27.8 Å². The largest absolute Gasteiger partial charge is 0.309 e. The SMILES string of the molecule is CC1(C)c2sccc2-n2c3ccc(-c4ccc5c(c4)c4ccccc4n5-c4ccccc4)cc3c3cccc1c32. The van der Waals surface area contributed by atoms with E-state index in [0.717, 1.165) is 0 Å². The van der Waals surface area contributed by atoms with Crippen LogP contribution in [-0.2, 0) is 5.41 Å². The number of fused-ring (bicyclic) bond motifs is 8. The van der Waals surface area contributed by atoms with Crippen molar-refractivity contribution in [2.45, 2.75) is 19.3 Å². The van der Waals surface area contributed by atoms with Gasteiger partial charge >= 0.3 is 0 Å². The lowest BCUT2D eigenvalue weighted by Crippen LogP contribution is -2.24. The van der Waals surface area contributed by atoms with E-state index in [4.69, 9.17) is 0 Å². The second-order valence-corrected chi connectivity index (χ2v) is 12.4. The minimum Gasteiger partial charge on any atom is -0.309 e. The highest BCUT2D eigenvalue weighted by molar-refractivity contribution is 7.10. The second kappa shape index (κ2) is 7.74. The number of hydrogen-bond donors (Lipinski definition) is 0. The van der Waals surface area contributed by atoms with E-state index in [2.05, 4.69) is 144 Å². The molecule has 3 aromatic heterocycles. The van der Waals surface area contributed by atoms with Gasteiger partial charge in [-0.15, -0.1) is 11.3 Å². The molecule has 0 N–H and O–H groups in total. The average Bonchev–Trinajstić information content (AvgIpc) is 3.69. The highest BCUT2D eigenvalue weighted by Gasteiger charge is 2.36. The van der Waals surface area contributed by atoms with Crippen LogP contribution in [0.1, 0.15) is 24.3 Å². The molecule has 1 aliphatic heterocycles. The van der Waals surface area contributed by atoms with Crippen LogP contribution in [0.15, 0.2) is 121 Å². The van der Waals surface area contributed by atoms with Crippen LogP contribution in [0.4, 0.5) is 0 Å². The van der Waals surface area contributed by atoms with Crippen LogP contribution >= 0.6 is 11.3 Å². The molecule has 2 nitrogen and oxygen atoms in total. The molecule has 3 heteroatoms. The molecule has 0 spiro atoms. The summed E-state index contributed by atoms with van der Waals surface area (Å²) < 4.78 is 4.88. The fourth-order valence-electron chi connectivity index (χ4n) is 7.08. The maximum atomic E-state index is 2.50. The summed E-state index contributed by atoms with van der Waals surface area (Å²) >= 11 is 1.87. The number of nitrogens with zero attached hydrogens (tertiary/aromatic N) is 2. The van der Waals surface area contributed by atoms with Gasteiger partial charge in [0.2, 0.25) is 0 Å². The molecule has 0 unspecified atom stereocenters. The number of benzene rings is 5. The molecule has 190 valence electrons. The molecule has 8 aromatic rings. The Hall–Kier alpha value is -4.60. The Bertz CT molecular complexity index is 2290. The molecule has 4 heterocycles. The smallest absolute Gasteiger partial charge is 0.0610 e. The van der Waals surface area contributed by atoms with E-state index in [1.807, 2.05) is 11.3 Å². The standard InChI is InChI=1S/C37H26N2S/c1-37(2)30-13-8-12-27-29-22-24(16-18-33(29)39(35(27)30)34-19-20-40-36(34)37)23-15-17-32-28(21-23)26-11-6-7-14-31(26)38(32)25-9-4-3-5-10-25/h3-22H,1-2H3. The number of rotatable bonds is 2. The summed E-state index contributed by atoms with van der Waals surface area (Å²) in [6.07, 6.45) is 0. The van der Waals surface area contributed by atoms with Crippen molar-refractivity contribution in [2.24, 2.45) is 0 Å². The van der Waals surface area contributed by atoms with Crippen LogP contribution in [-0.4, -0.2) is 9.13 Å². The lowest BCUT2D eigenvalue weighted by molar-refractivity contribution is 0.646. The monoisotopic (exact) mass is 530 g/mol. The Labute approximate surface area is 236 Å². The van der Waals surface area contributed by atoms with Crippen molar-refractivity contribution in [1.29, 1.82) is 0 Å². The minimum absolute atomic E-state index is 0.00574.